The zero-order chi connectivity index (χ0) is 9.61. The van der Waals surface area contributed by atoms with Gasteiger partial charge in [0, 0.05) is 7.05 Å². The van der Waals surface area contributed by atoms with Crippen LogP contribution in [0.2, 0.25) is 0 Å². The maximum atomic E-state index is 11.3. The Morgan fingerprint density at radius 2 is 2.08 bits per heavy atom. The van der Waals surface area contributed by atoms with E-state index in [1.807, 2.05) is 6.92 Å². The number of rotatable bonds is 5. The van der Waals surface area contributed by atoms with Gasteiger partial charge in [-0.15, -0.1) is 0 Å². The van der Waals surface area contributed by atoms with Crippen LogP contribution in [0.3, 0.4) is 0 Å². The number of hydrogen-bond acceptors (Lipinski definition) is 3. The van der Waals surface area contributed by atoms with Crippen LogP contribution >= 0.6 is 0 Å². The van der Waals surface area contributed by atoms with Crippen molar-refractivity contribution in [2.75, 3.05) is 19.3 Å². The molecule has 12 heavy (non-hydrogen) atoms. The van der Waals surface area contributed by atoms with Gasteiger partial charge >= 0.3 is 0 Å². The molecular weight excluding hydrogens is 176 g/mol. The average Bonchev–Trinajstić information content (AvgIpc) is 2.01. The van der Waals surface area contributed by atoms with Crippen molar-refractivity contribution in [2.24, 2.45) is 0 Å². The van der Waals surface area contributed by atoms with Gasteiger partial charge in [-0.05, 0) is 6.42 Å². The van der Waals surface area contributed by atoms with Crippen LogP contribution in [-0.2, 0) is 10.0 Å². The lowest BCUT2D eigenvalue weighted by Gasteiger charge is -2.12. The highest BCUT2D eigenvalue weighted by molar-refractivity contribution is 7.89. The third-order valence-corrected chi connectivity index (χ3v) is 3.41. The molecule has 70 valence electrons. The van der Waals surface area contributed by atoms with E-state index in [1.54, 1.807) is 6.07 Å². The van der Waals surface area contributed by atoms with Gasteiger partial charge in [0.05, 0.1) is 11.8 Å². The second-order valence-electron chi connectivity index (χ2n) is 2.58. The summed E-state index contributed by atoms with van der Waals surface area (Å²) in [5, 5.41) is 8.27. The van der Waals surface area contributed by atoms with E-state index < -0.39 is 10.0 Å². The molecule has 0 saturated heterocycles. The Kier molecular flexibility index (Phi) is 4.86. The van der Waals surface area contributed by atoms with E-state index in [-0.39, 0.29) is 12.3 Å². The van der Waals surface area contributed by atoms with Crippen LogP contribution in [0.4, 0.5) is 0 Å². The Bertz CT molecular complexity index is 253. The van der Waals surface area contributed by atoms with E-state index in [2.05, 4.69) is 0 Å². The first-order chi connectivity index (χ1) is 5.54. The summed E-state index contributed by atoms with van der Waals surface area (Å²) < 4.78 is 23.6. The van der Waals surface area contributed by atoms with Crippen LogP contribution in [0.5, 0.6) is 0 Å². The van der Waals surface area contributed by atoms with E-state index in [9.17, 15) is 8.42 Å². The summed E-state index contributed by atoms with van der Waals surface area (Å²) in [7, 11) is -1.75. The van der Waals surface area contributed by atoms with Crippen molar-refractivity contribution < 1.29 is 8.42 Å². The van der Waals surface area contributed by atoms with Crippen molar-refractivity contribution in [1.29, 1.82) is 5.26 Å². The molecule has 0 heterocycles. The molecule has 0 aromatic rings. The second-order valence-corrected chi connectivity index (χ2v) is 4.78. The highest BCUT2D eigenvalue weighted by Crippen LogP contribution is 2.00. The molecule has 0 unspecified atom stereocenters. The Labute approximate surface area is 73.8 Å². The number of nitrogens with zero attached hydrogens (tertiary/aromatic N) is 2. The first-order valence-corrected chi connectivity index (χ1v) is 5.46. The van der Waals surface area contributed by atoms with Crippen LogP contribution in [0.1, 0.15) is 19.8 Å². The van der Waals surface area contributed by atoms with Crippen molar-refractivity contribution in [2.45, 2.75) is 19.8 Å². The van der Waals surface area contributed by atoms with Crippen LogP contribution in [0, 0.1) is 11.3 Å². The fourth-order valence-electron chi connectivity index (χ4n) is 0.681. The molecule has 5 heteroatoms. The molecule has 0 aromatic heterocycles. The predicted molar refractivity (Wildman–Crippen MR) is 46.9 cm³/mol. The standard InChI is InChI=1S/C7H14N2O2S/c1-3-4-7-12(10,11)9(2)6-5-8/h3-4,6-7H2,1-2H3. The van der Waals surface area contributed by atoms with Crippen molar-refractivity contribution >= 4 is 10.0 Å². The second kappa shape index (κ2) is 5.12. The van der Waals surface area contributed by atoms with Crippen LogP contribution in [0.15, 0.2) is 0 Å². The minimum atomic E-state index is -3.17. The smallest absolute Gasteiger partial charge is 0.212 e. The van der Waals surface area contributed by atoms with Crippen molar-refractivity contribution in [3.8, 4) is 6.07 Å². The van der Waals surface area contributed by atoms with Gasteiger partial charge in [0.25, 0.3) is 0 Å². The first-order valence-electron chi connectivity index (χ1n) is 3.85. The monoisotopic (exact) mass is 190 g/mol. The molecule has 0 aliphatic carbocycles. The molecular formula is C7H14N2O2S. The highest BCUT2D eigenvalue weighted by atomic mass is 32.2. The van der Waals surface area contributed by atoms with Crippen molar-refractivity contribution in [3.05, 3.63) is 0 Å². The Hall–Kier alpha value is -0.600. The molecule has 0 aliphatic heterocycles. The Morgan fingerprint density at radius 1 is 1.50 bits per heavy atom. The van der Waals surface area contributed by atoms with E-state index in [0.29, 0.717) is 6.42 Å². The van der Waals surface area contributed by atoms with E-state index in [4.69, 9.17) is 5.26 Å². The molecule has 4 nitrogen and oxygen atoms in total. The fourth-order valence-corrected chi connectivity index (χ4v) is 1.90. The van der Waals surface area contributed by atoms with Gasteiger partial charge in [0.1, 0.15) is 6.54 Å². The number of nitriles is 1. The quantitative estimate of drug-likeness (QED) is 0.595. The SMILES string of the molecule is CCCCS(=O)(=O)N(C)CC#N. The largest absolute Gasteiger partial charge is 0.214 e. The zero-order valence-corrected chi connectivity index (χ0v) is 8.26. The zero-order valence-electron chi connectivity index (χ0n) is 7.45. The van der Waals surface area contributed by atoms with Crippen LogP contribution in [-0.4, -0.2) is 32.1 Å². The molecule has 0 spiro atoms. The van der Waals surface area contributed by atoms with Gasteiger partial charge in [0.15, 0.2) is 0 Å². The van der Waals surface area contributed by atoms with E-state index >= 15 is 0 Å². The molecule has 0 atom stereocenters. The highest BCUT2D eigenvalue weighted by Gasteiger charge is 2.15. The molecule has 0 N–H and O–H groups in total. The maximum Gasteiger partial charge on any atom is 0.214 e. The first kappa shape index (κ1) is 11.4. The Balaban J connectivity index is 4.12. The maximum absolute atomic E-state index is 11.3. The van der Waals surface area contributed by atoms with Crippen molar-refractivity contribution in [1.82, 2.24) is 4.31 Å². The minimum Gasteiger partial charge on any atom is -0.212 e. The molecule has 0 radical (unpaired) electrons. The molecule has 0 saturated carbocycles. The van der Waals surface area contributed by atoms with Gasteiger partial charge in [-0.1, -0.05) is 13.3 Å². The third-order valence-electron chi connectivity index (χ3n) is 1.52. The summed E-state index contributed by atoms with van der Waals surface area (Å²) in [6.07, 6.45) is 1.50. The topological polar surface area (TPSA) is 61.2 Å². The summed E-state index contributed by atoms with van der Waals surface area (Å²) in [4.78, 5) is 0. The van der Waals surface area contributed by atoms with Gasteiger partial charge in [0.2, 0.25) is 10.0 Å². The fraction of sp³-hybridized carbons (Fsp3) is 0.857. The van der Waals surface area contributed by atoms with Gasteiger partial charge in [-0.25, -0.2) is 8.42 Å². The lowest BCUT2D eigenvalue weighted by atomic mass is 10.4. The lowest BCUT2D eigenvalue weighted by Crippen LogP contribution is -2.29. The van der Waals surface area contributed by atoms with Gasteiger partial charge in [-0.2, -0.15) is 9.57 Å². The molecule has 0 amide bonds. The molecule has 0 aliphatic rings. The van der Waals surface area contributed by atoms with Crippen molar-refractivity contribution in [3.63, 3.8) is 0 Å². The predicted octanol–water partition coefficient (Wildman–Crippen LogP) is 0.572. The summed E-state index contributed by atoms with van der Waals surface area (Å²) in [6.45, 7) is 1.87. The van der Waals surface area contributed by atoms with Gasteiger partial charge < -0.3 is 0 Å². The van der Waals surface area contributed by atoms with Crippen LogP contribution in [0.25, 0.3) is 0 Å². The van der Waals surface area contributed by atoms with E-state index in [0.717, 1.165) is 10.7 Å². The number of sulfonamides is 1. The minimum absolute atomic E-state index is 0.0634. The lowest BCUT2D eigenvalue weighted by molar-refractivity contribution is 0.499. The molecule has 0 bridgehead atoms. The summed E-state index contributed by atoms with van der Waals surface area (Å²) >= 11 is 0. The van der Waals surface area contributed by atoms with Crippen LogP contribution < -0.4 is 0 Å². The third kappa shape index (κ3) is 3.69. The average molecular weight is 190 g/mol. The summed E-state index contributed by atoms with van der Waals surface area (Å²) in [5.41, 5.74) is 0. The summed E-state index contributed by atoms with van der Waals surface area (Å²) in [5.74, 6) is 0.141. The number of hydrogen-bond donors (Lipinski definition) is 0. The molecule has 0 aromatic carbocycles. The van der Waals surface area contributed by atoms with E-state index in [1.165, 1.54) is 7.05 Å². The van der Waals surface area contributed by atoms with Gasteiger partial charge in [-0.3, -0.25) is 0 Å². The normalized spacial score (nSPS) is 11.5. The molecule has 0 fully saturated rings. The molecule has 0 rings (SSSR count). The Morgan fingerprint density at radius 3 is 2.50 bits per heavy atom. The summed E-state index contributed by atoms with van der Waals surface area (Å²) in [6, 6.07) is 1.80. The number of unbranched alkanes of at least 4 members (excludes halogenated alkanes) is 1.